The minimum absolute atomic E-state index is 0.485. The van der Waals surface area contributed by atoms with E-state index >= 15 is 0 Å². The van der Waals surface area contributed by atoms with Gasteiger partial charge in [0, 0.05) is 12.7 Å². The largest absolute Gasteiger partial charge is 0.247 e. The molecule has 0 heterocycles. The smallest absolute Gasteiger partial charge is 0.0611 e. The molecule has 22 heavy (non-hydrogen) atoms. The summed E-state index contributed by atoms with van der Waals surface area (Å²) < 4.78 is 0. The van der Waals surface area contributed by atoms with Gasteiger partial charge < -0.3 is 0 Å². The van der Waals surface area contributed by atoms with Crippen molar-refractivity contribution in [3.05, 3.63) is 66.9 Å². The highest BCUT2D eigenvalue weighted by Crippen LogP contribution is 2.23. The summed E-state index contributed by atoms with van der Waals surface area (Å²) in [4.78, 5) is 0. The predicted molar refractivity (Wildman–Crippen MR) is 93.7 cm³/mol. The Kier molecular flexibility index (Phi) is 5.90. The average molecular weight is 293 g/mol. The number of nitrogens with zero attached hydrogens (tertiary/aromatic N) is 3. The van der Waals surface area contributed by atoms with Crippen molar-refractivity contribution >= 4 is 5.69 Å². The molecule has 2 aromatic rings. The van der Waals surface area contributed by atoms with Crippen LogP contribution in [-0.2, 0) is 0 Å². The van der Waals surface area contributed by atoms with Gasteiger partial charge in [-0.3, -0.25) is 0 Å². The quantitative estimate of drug-likeness (QED) is 0.494. The third-order valence-electron chi connectivity index (χ3n) is 3.27. The Morgan fingerprint density at radius 3 is 2.18 bits per heavy atom. The molecule has 0 aromatic heterocycles. The van der Waals surface area contributed by atoms with E-state index in [1.54, 1.807) is 6.20 Å². The molecule has 3 heteroatoms. The standard InChI is InChI=1S/C19H23N3/c1-4-22(21-20-15-14-16(2)3)19-12-10-18(11-13-19)17-8-6-5-7-9-17/h5-16H,4H2,1-3H3/b15-14+,21-20?. The topological polar surface area (TPSA) is 28.0 Å². The molecule has 0 atom stereocenters. The number of allylic oxidation sites excluding steroid dienone is 1. The summed E-state index contributed by atoms with van der Waals surface area (Å²) in [7, 11) is 0. The molecule has 0 saturated carbocycles. The van der Waals surface area contributed by atoms with Crippen LogP contribution >= 0.6 is 0 Å². The first-order valence-electron chi connectivity index (χ1n) is 7.71. The molecule has 0 aliphatic carbocycles. The maximum atomic E-state index is 4.26. The van der Waals surface area contributed by atoms with Gasteiger partial charge in [-0.25, -0.2) is 5.01 Å². The summed E-state index contributed by atoms with van der Waals surface area (Å²) in [6.45, 7) is 7.08. The number of hydrogen-bond donors (Lipinski definition) is 0. The highest BCUT2D eigenvalue weighted by atomic mass is 15.5. The van der Waals surface area contributed by atoms with Crippen LogP contribution < -0.4 is 5.01 Å². The lowest BCUT2D eigenvalue weighted by atomic mass is 10.1. The van der Waals surface area contributed by atoms with Crippen LogP contribution in [0.5, 0.6) is 0 Å². The van der Waals surface area contributed by atoms with Crippen LogP contribution in [0.3, 0.4) is 0 Å². The summed E-state index contributed by atoms with van der Waals surface area (Å²) in [6.07, 6.45) is 3.78. The van der Waals surface area contributed by atoms with Crippen LogP contribution in [0, 0.1) is 5.92 Å². The van der Waals surface area contributed by atoms with Gasteiger partial charge in [0.05, 0.1) is 5.69 Å². The molecule has 2 rings (SSSR count). The van der Waals surface area contributed by atoms with Gasteiger partial charge in [0.25, 0.3) is 0 Å². The van der Waals surface area contributed by atoms with Crippen molar-refractivity contribution in [1.82, 2.24) is 0 Å². The molecule has 0 fully saturated rings. The third kappa shape index (κ3) is 4.55. The van der Waals surface area contributed by atoms with Gasteiger partial charge in [-0.1, -0.05) is 67.6 Å². The van der Waals surface area contributed by atoms with E-state index in [1.807, 2.05) is 17.2 Å². The van der Waals surface area contributed by atoms with E-state index in [0.29, 0.717) is 5.92 Å². The van der Waals surface area contributed by atoms with Gasteiger partial charge in [-0.15, -0.1) is 5.11 Å². The molecule has 0 aliphatic rings. The summed E-state index contributed by atoms with van der Waals surface area (Å²) in [6, 6.07) is 18.8. The lowest BCUT2D eigenvalue weighted by Crippen LogP contribution is -2.13. The zero-order valence-corrected chi connectivity index (χ0v) is 13.5. The van der Waals surface area contributed by atoms with Gasteiger partial charge in [0.15, 0.2) is 0 Å². The van der Waals surface area contributed by atoms with Crippen LogP contribution in [0.2, 0.25) is 0 Å². The van der Waals surface area contributed by atoms with Crippen LogP contribution in [0.25, 0.3) is 11.1 Å². The fourth-order valence-electron chi connectivity index (χ4n) is 2.06. The van der Waals surface area contributed by atoms with Crippen molar-refractivity contribution < 1.29 is 0 Å². The van der Waals surface area contributed by atoms with E-state index in [-0.39, 0.29) is 0 Å². The molecule has 114 valence electrons. The monoisotopic (exact) mass is 293 g/mol. The molecule has 0 spiro atoms. The first-order valence-corrected chi connectivity index (χ1v) is 7.71. The van der Waals surface area contributed by atoms with Gasteiger partial charge in [0.2, 0.25) is 0 Å². The number of benzene rings is 2. The Morgan fingerprint density at radius 1 is 0.955 bits per heavy atom. The van der Waals surface area contributed by atoms with Crippen molar-refractivity contribution in [2.45, 2.75) is 20.8 Å². The van der Waals surface area contributed by atoms with Crippen molar-refractivity contribution in [2.75, 3.05) is 11.6 Å². The summed E-state index contributed by atoms with van der Waals surface area (Å²) in [5, 5.41) is 10.3. The van der Waals surface area contributed by atoms with E-state index in [2.05, 4.69) is 79.6 Å². The van der Waals surface area contributed by atoms with Crippen LogP contribution in [0.4, 0.5) is 5.69 Å². The molecular weight excluding hydrogens is 270 g/mol. The summed E-state index contributed by atoms with van der Waals surface area (Å²) >= 11 is 0. The molecule has 0 bridgehead atoms. The fraction of sp³-hybridized carbons (Fsp3) is 0.263. The van der Waals surface area contributed by atoms with E-state index in [1.165, 1.54) is 11.1 Å². The average Bonchev–Trinajstić information content (AvgIpc) is 2.56. The van der Waals surface area contributed by atoms with Crippen LogP contribution in [0.1, 0.15) is 20.8 Å². The molecule has 2 aromatic carbocycles. The van der Waals surface area contributed by atoms with Crippen molar-refractivity contribution in [2.24, 2.45) is 16.3 Å². The molecule has 0 unspecified atom stereocenters. The fourth-order valence-corrected chi connectivity index (χ4v) is 2.06. The van der Waals surface area contributed by atoms with Gasteiger partial charge in [0.1, 0.15) is 0 Å². The maximum Gasteiger partial charge on any atom is 0.0611 e. The van der Waals surface area contributed by atoms with Gasteiger partial charge in [-0.05, 0) is 36.1 Å². The normalized spacial score (nSPS) is 11.6. The predicted octanol–water partition coefficient (Wildman–Crippen LogP) is 5.72. The second-order valence-corrected chi connectivity index (χ2v) is 5.42. The molecule has 0 N–H and O–H groups in total. The Morgan fingerprint density at radius 2 is 1.59 bits per heavy atom. The molecular formula is C19H23N3. The zero-order valence-electron chi connectivity index (χ0n) is 13.5. The Hall–Kier alpha value is -2.42. The van der Waals surface area contributed by atoms with E-state index in [9.17, 15) is 0 Å². The molecule has 0 amide bonds. The highest BCUT2D eigenvalue weighted by Gasteiger charge is 2.03. The number of anilines is 1. The van der Waals surface area contributed by atoms with E-state index in [0.717, 1.165) is 12.2 Å². The van der Waals surface area contributed by atoms with Gasteiger partial charge >= 0.3 is 0 Å². The summed E-state index contributed by atoms with van der Waals surface area (Å²) in [5.41, 5.74) is 3.47. The number of rotatable bonds is 6. The first kappa shape index (κ1) is 16.0. The first-order chi connectivity index (χ1) is 10.7. The third-order valence-corrected chi connectivity index (χ3v) is 3.27. The number of hydrogen-bond acceptors (Lipinski definition) is 2. The lowest BCUT2D eigenvalue weighted by molar-refractivity contribution is 0.810. The van der Waals surface area contributed by atoms with E-state index < -0.39 is 0 Å². The molecule has 3 nitrogen and oxygen atoms in total. The minimum Gasteiger partial charge on any atom is -0.247 e. The van der Waals surface area contributed by atoms with Crippen LogP contribution in [0.15, 0.2) is 77.2 Å². The SMILES string of the molecule is CCN(N=N/C=C/C(C)C)c1ccc(-c2ccccc2)cc1. The highest BCUT2D eigenvalue weighted by molar-refractivity contribution is 5.66. The van der Waals surface area contributed by atoms with E-state index in [4.69, 9.17) is 0 Å². The Balaban J connectivity index is 2.11. The zero-order chi connectivity index (χ0) is 15.8. The maximum absolute atomic E-state index is 4.26. The van der Waals surface area contributed by atoms with Crippen molar-refractivity contribution in [3.63, 3.8) is 0 Å². The molecule has 0 radical (unpaired) electrons. The minimum atomic E-state index is 0.485. The molecule has 0 saturated heterocycles. The van der Waals surface area contributed by atoms with Gasteiger partial charge in [-0.2, -0.15) is 0 Å². The van der Waals surface area contributed by atoms with Crippen molar-refractivity contribution in [1.29, 1.82) is 0 Å². The molecule has 0 aliphatic heterocycles. The summed E-state index contributed by atoms with van der Waals surface area (Å²) in [5.74, 6) is 0.485. The second kappa shape index (κ2) is 8.13. The second-order valence-electron chi connectivity index (χ2n) is 5.42. The Labute approximate surface area is 133 Å². The lowest BCUT2D eigenvalue weighted by Gasteiger charge is -2.15. The van der Waals surface area contributed by atoms with Crippen molar-refractivity contribution in [3.8, 4) is 11.1 Å². The van der Waals surface area contributed by atoms with Crippen LogP contribution in [-0.4, -0.2) is 6.54 Å². The Bertz CT molecular complexity index is 613.